The second kappa shape index (κ2) is 6.07. The molecule has 2 atom stereocenters. The molecule has 2 nitrogen and oxygen atoms in total. The van der Waals surface area contributed by atoms with Gasteiger partial charge in [0.25, 0.3) is 0 Å². The lowest BCUT2D eigenvalue weighted by Crippen LogP contribution is -2.37. The highest BCUT2D eigenvalue weighted by atomic mass is 19.1. The molecule has 0 aromatic heterocycles. The summed E-state index contributed by atoms with van der Waals surface area (Å²) in [6.07, 6.45) is 4.82. The number of allylic oxidation sites excluding steroid dienone is 3. The fraction of sp³-hybridized carbons (Fsp3) is 0.400. The summed E-state index contributed by atoms with van der Waals surface area (Å²) in [6, 6.07) is 0. The third-order valence-corrected chi connectivity index (χ3v) is 2.91. The Morgan fingerprint density at radius 2 is 2.11 bits per heavy atom. The number of nitrogens with two attached hydrogens (primary N) is 1. The molecule has 0 aromatic rings. The van der Waals surface area contributed by atoms with Gasteiger partial charge in [-0.1, -0.05) is 18.1 Å². The lowest BCUT2D eigenvalue weighted by molar-refractivity contribution is -0.115. The second-order valence-electron chi connectivity index (χ2n) is 4.06. The van der Waals surface area contributed by atoms with Crippen LogP contribution in [-0.2, 0) is 4.79 Å². The highest BCUT2D eigenvalue weighted by Gasteiger charge is 2.41. The van der Waals surface area contributed by atoms with Gasteiger partial charge in [0, 0.05) is 24.3 Å². The molecule has 94 valence electrons. The number of carbonyl (C=O) groups is 1. The van der Waals surface area contributed by atoms with E-state index < -0.39 is 17.5 Å². The Morgan fingerprint density at radius 1 is 1.44 bits per heavy atom. The first-order chi connectivity index (χ1) is 8.55. The van der Waals surface area contributed by atoms with Crippen LogP contribution in [0.5, 0.6) is 0 Å². The molecule has 0 bridgehead atoms. The first kappa shape index (κ1) is 14.1. The second-order valence-corrected chi connectivity index (χ2v) is 4.06. The van der Waals surface area contributed by atoms with Crippen molar-refractivity contribution in [2.24, 2.45) is 11.7 Å². The van der Waals surface area contributed by atoms with Crippen LogP contribution in [-0.4, -0.2) is 11.6 Å². The van der Waals surface area contributed by atoms with Gasteiger partial charge < -0.3 is 5.73 Å². The minimum absolute atomic E-state index is 0.0423. The van der Waals surface area contributed by atoms with Gasteiger partial charge in [0.2, 0.25) is 5.91 Å². The molecule has 0 aromatic carbocycles. The van der Waals surface area contributed by atoms with E-state index in [4.69, 9.17) is 5.73 Å². The zero-order valence-corrected chi connectivity index (χ0v) is 10.6. The van der Waals surface area contributed by atoms with Crippen LogP contribution in [0.1, 0.15) is 26.7 Å². The molecule has 1 amide bonds. The maximum absolute atomic E-state index is 14.9. The molecule has 0 saturated carbocycles. The topological polar surface area (TPSA) is 43.1 Å². The summed E-state index contributed by atoms with van der Waals surface area (Å²) in [7, 11) is 0. The van der Waals surface area contributed by atoms with Crippen LogP contribution in [0, 0.1) is 29.6 Å². The van der Waals surface area contributed by atoms with Crippen LogP contribution in [0.3, 0.4) is 0 Å². The summed E-state index contributed by atoms with van der Waals surface area (Å²) in [5.41, 5.74) is 3.89. The van der Waals surface area contributed by atoms with Crippen molar-refractivity contribution in [3.05, 3.63) is 23.8 Å². The van der Waals surface area contributed by atoms with E-state index in [1.165, 1.54) is 12.2 Å². The highest BCUT2D eigenvalue weighted by molar-refractivity contribution is 5.93. The molecule has 18 heavy (non-hydrogen) atoms. The molecule has 0 aliphatic heterocycles. The Morgan fingerprint density at radius 3 is 2.67 bits per heavy atom. The van der Waals surface area contributed by atoms with Gasteiger partial charge in [0.1, 0.15) is 5.67 Å². The van der Waals surface area contributed by atoms with Crippen molar-refractivity contribution >= 4 is 5.91 Å². The van der Waals surface area contributed by atoms with E-state index in [-0.39, 0.29) is 18.4 Å². The van der Waals surface area contributed by atoms with Crippen molar-refractivity contribution in [1.29, 1.82) is 0 Å². The number of primary amides is 1. The van der Waals surface area contributed by atoms with Crippen LogP contribution < -0.4 is 5.73 Å². The number of carbonyl (C=O) groups excluding carboxylic acids is 1. The maximum atomic E-state index is 14.9. The van der Waals surface area contributed by atoms with Crippen LogP contribution in [0.2, 0.25) is 0 Å². The van der Waals surface area contributed by atoms with E-state index in [1.807, 2.05) is 0 Å². The van der Waals surface area contributed by atoms with E-state index in [0.717, 1.165) is 0 Å². The fourth-order valence-electron chi connectivity index (χ4n) is 1.95. The monoisotopic (exact) mass is 245 g/mol. The van der Waals surface area contributed by atoms with Gasteiger partial charge >= 0.3 is 0 Å². The first-order valence-corrected chi connectivity index (χ1v) is 5.72. The molecule has 0 spiro atoms. The number of hydrogen-bond donors (Lipinski definition) is 1. The third-order valence-electron chi connectivity index (χ3n) is 2.91. The van der Waals surface area contributed by atoms with Crippen molar-refractivity contribution in [3.8, 4) is 23.7 Å². The van der Waals surface area contributed by atoms with Crippen molar-refractivity contribution in [2.75, 3.05) is 0 Å². The Balaban J connectivity index is 3.11. The van der Waals surface area contributed by atoms with Crippen molar-refractivity contribution in [1.82, 2.24) is 0 Å². The highest BCUT2D eigenvalue weighted by Crippen LogP contribution is 2.38. The van der Waals surface area contributed by atoms with Gasteiger partial charge in [-0.25, -0.2) is 4.39 Å². The van der Waals surface area contributed by atoms with Crippen LogP contribution in [0.4, 0.5) is 4.39 Å². The van der Waals surface area contributed by atoms with Crippen LogP contribution in [0.15, 0.2) is 23.8 Å². The molecule has 0 heterocycles. The van der Waals surface area contributed by atoms with Crippen molar-refractivity contribution < 1.29 is 9.18 Å². The molecule has 0 saturated heterocycles. The van der Waals surface area contributed by atoms with E-state index in [1.54, 1.807) is 19.9 Å². The molecular formula is C15H16FNO. The summed E-state index contributed by atoms with van der Waals surface area (Å²) >= 11 is 0. The van der Waals surface area contributed by atoms with Crippen molar-refractivity contribution in [2.45, 2.75) is 32.4 Å². The molecule has 2 N–H and O–H groups in total. The number of amides is 1. The summed E-state index contributed by atoms with van der Waals surface area (Å²) in [5, 5.41) is 0. The average molecular weight is 245 g/mol. The molecule has 1 aliphatic rings. The number of halogens is 1. The normalized spacial score (nSPS) is 25.3. The average Bonchev–Trinajstić information content (AvgIpc) is 2.34. The number of hydrogen-bond acceptors (Lipinski definition) is 1. The van der Waals surface area contributed by atoms with Crippen molar-refractivity contribution in [3.63, 3.8) is 0 Å². The third kappa shape index (κ3) is 3.02. The zero-order valence-electron chi connectivity index (χ0n) is 10.6. The molecule has 1 aliphatic carbocycles. The van der Waals surface area contributed by atoms with E-state index in [9.17, 15) is 9.18 Å². The minimum Gasteiger partial charge on any atom is -0.366 e. The molecule has 2 unspecified atom stereocenters. The first-order valence-electron chi connectivity index (χ1n) is 5.72. The lowest BCUT2D eigenvalue weighted by Gasteiger charge is -2.31. The summed E-state index contributed by atoms with van der Waals surface area (Å²) in [4.78, 5) is 11.4. The Kier molecular flexibility index (Phi) is 4.75. The van der Waals surface area contributed by atoms with Gasteiger partial charge in [-0.3, -0.25) is 4.79 Å². The van der Waals surface area contributed by atoms with Crippen LogP contribution in [0.25, 0.3) is 0 Å². The largest absolute Gasteiger partial charge is 0.366 e. The molecule has 3 heteroatoms. The standard InChI is InChI=1S/C15H16FNO/c1-3-5-9-13-12(14(17)18)8-7-11-15(13,16)10-6-4-2/h7-8,11,13H,9-10H2,1-2H3,(H2,17,18). The number of rotatable bonds is 3. The Bertz CT molecular complexity index is 510. The SMILES string of the molecule is CC#CCC1C(C(N)=O)=CC=CC1(F)CC#CC. The molecule has 0 fully saturated rings. The summed E-state index contributed by atoms with van der Waals surface area (Å²) in [5.74, 6) is 9.66. The predicted octanol–water partition coefficient (Wildman–Crippen LogP) is 2.12. The molecule has 1 rings (SSSR count). The fourth-order valence-corrected chi connectivity index (χ4v) is 1.95. The van der Waals surface area contributed by atoms with E-state index >= 15 is 0 Å². The molecule has 0 radical (unpaired) electrons. The molecular weight excluding hydrogens is 229 g/mol. The summed E-state index contributed by atoms with van der Waals surface area (Å²) in [6.45, 7) is 3.33. The smallest absolute Gasteiger partial charge is 0.245 e. The summed E-state index contributed by atoms with van der Waals surface area (Å²) < 4.78 is 14.9. The van der Waals surface area contributed by atoms with Crippen LogP contribution >= 0.6 is 0 Å². The van der Waals surface area contributed by atoms with Gasteiger partial charge in [-0.15, -0.1) is 17.8 Å². The van der Waals surface area contributed by atoms with Gasteiger partial charge in [0.05, 0.1) is 0 Å². The Labute approximate surface area is 107 Å². The van der Waals surface area contributed by atoms with Gasteiger partial charge in [-0.05, 0) is 19.9 Å². The van der Waals surface area contributed by atoms with Gasteiger partial charge in [-0.2, -0.15) is 0 Å². The zero-order chi connectivity index (χ0) is 13.6. The lowest BCUT2D eigenvalue weighted by atomic mass is 9.76. The predicted molar refractivity (Wildman–Crippen MR) is 69.9 cm³/mol. The maximum Gasteiger partial charge on any atom is 0.245 e. The van der Waals surface area contributed by atoms with E-state index in [0.29, 0.717) is 0 Å². The van der Waals surface area contributed by atoms with Gasteiger partial charge in [0.15, 0.2) is 0 Å². The Hall–Kier alpha value is -2.00. The number of alkyl halides is 1. The quantitative estimate of drug-likeness (QED) is 0.760. The van der Waals surface area contributed by atoms with E-state index in [2.05, 4.69) is 23.7 Å². The minimum atomic E-state index is -1.67.